The Balaban J connectivity index is 2.39. The minimum atomic E-state index is -0.308. The van der Waals surface area contributed by atoms with Crippen molar-refractivity contribution in [1.82, 2.24) is 0 Å². The molecule has 4 nitrogen and oxygen atoms in total. The van der Waals surface area contributed by atoms with Crippen LogP contribution in [0.5, 0.6) is 11.5 Å². The summed E-state index contributed by atoms with van der Waals surface area (Å²) in [7, 11) is 0. The van der Waals surface area contributed by atoms with Gasteiger partial charge in [-0.2, -0.15) is 0 Å². The van der Waals surface area contributed by atoms with Crippen molar-refractivity contribution in [2.75, 3.05) is 13.2 Å². The van der Waals surface area contributed by atoms with Crippen molar-refractivity contribution in [3.8, 4) is 11.5 Å². The van der Waals surface area contributed by atoms with Crippen LogP contribution in [0.3, 0.4) is 0 Å². The molecule has 2 N–H and O–H groups in total. The maximum atomic E-state index is 9.28. The largest absolute Gasteiger partial charge is 0.488 e. The third-order valence-electron chi connectivity index (χ3n) is 5.82. The Morgan fingerprint density at radius 2 is 1.00 bits per heavy atom. The normalized spacial score (nSPS) is 13.6. The maximum absolute atomic E-state index is 9.28. The Hall–Kier alpha value is -0.120. The molecule has 0 bridgehead atoms. The number of ether oxygens (including phenoxy) is 2. The fraction of sp³-hybridized carbons (Fsp3) is 0.520. The quantitative estimate of drug-likeness (QED) is 0.233. The van der Waals surface area contributed by atoms with E-state index in [4.69, 9.17) is 9.47 Å². The summed E-state index contributed by atoms with van der Waals surface area (Å²) >= 11 is 14.7. The van der Waals surface area contributed by atoms with Gasteiger partial charge in [0.25, 0.3) is 0 Å². The highest BCUT2D eigenvalue weighted by Gasteiger charge is 2.28. The number of benzene rings is 2. The molecule has 2 rings (SSSR count). The summed E-state index contributed by atoms with van der Waals surface area (Å²) in [5.41, 5.74) is 1.92. The van der Waals surface area contributed by atoms with Gasteiger partial charge in [0, 0.05) is 31.5 Å². The Morgan fingerprint density at radius 3 is 1.24 bits per heavy atom. The van der Waals surface area contributed by atoms with Crippen LogP contribution in [0, 0.1) is 0 Å². The van der Waals surface area contributed by atoms with E-state index in [1.54, 1.807) is 0 Å². The Labute approximate surface area is 231 Å². The molecule has 8 heteroatoms. The van der Waals surface area contributed by atoms with Crippen molar-refractivity contribution >= 4 is 63.7 Å². The molecule has 0 aliphatic rings. The predicted octanol–water partition coefficient (Wildman–Crippen LogP) is 8.14. The summed E-state index contributed by atoms with van der Waals surface area (Å²) < 4.78 is 15.8. The maximum Gasteiger partial charge on any atom is 0.148 e. The van der Waals surface area contributed by atoms with Crippen molar-refractivity contribution < 1.29 is 19.7 Å². The molecule has 0 saturated heterocycles. The highest BCUT2D eigenvalue weighted by atomic mass is 79.9. The second-order valence-corrected chi connectivity index (χ2v) is 11.9. The molecule has 0 aromatic heterocycles. The van der Waals surface area contributed by atoms with E-state index in [1.165, 1.54) is 0 Å². The van der Waals surface area contributed by atoms with E-state index in [-0.39, 0.29) is 30.8 Å². The van der Waals surface area contributed by atoms with Gasteiger partial charge < -0.3 is 19.7 Å². The number of rotatable bonds is 12. The first-order valence-electron chi connectivity index (χ1n) is 11.1. The second kappa shape index (κ2) is 13.3. The Bertz CT molecular complexity index is 813. The van der Waals surface area contributed by atoms with Gasteiger partial charge in [-0.3, -0.25) is 0 Å². The lowest BCUT2D eigenvalue weighted by atomic mass is 9.78. The van der Waals surface area contributed by atoms with E-state index in [1.807, 2.05) is 0 Å². The Morgan fingerprint density at radius 1 is 0.697 bits per heavy atom. The van der Waals surface area contributed by atoms with Crippen LogP contribution in [0.1, 0.15) is 64.5 Å². The van der Waals surface area contributed by atoms with E-state index in [2.05, 4.69) is 116 Å². The monoisotopic (exact) mass is 712 g/mol. The molecule has 0 amide bonds. The lowest BCUT2D eigenvalue weighted by Crippen LogP contribution is -2.21. The van der Waals surface area contributed by atoms with Gasteiger partial charge in [0.1, 0.15) is 23.7 Å². The fourth-order valence-corrected chi connectivity index (χ4v) is 6.29. The van der Waals surface area contributed by atoms with Gasteiger partial charge in [-0.15, -0.1) is 0 Å². The van der Waals surface area contributed by atoms with E-state index < -0.39 is 0 Å². The number of hydrogen-bond donors (Lipinski definition) is 2. The summed E-state index contributed by atoms with van der Waals surface area (Å²) in [6.45, 7) is 8.66. The molecule has 0 aliphatic carbocycles. The molecule has 0 spiro atoms. The van der Waals surface area contributed by atoms with E-state index in [0.29, 0.717) is 12.8 Å². The Kier molecular flexibility index (Phi) is 11.7. The standard InChI is InChI=1S/C25H32Br4O4/c1-5-17(7-9-30)32-23-19(26)11-15(12-20(23)27)25(3,4)16-13-21(28)24(22(29)14-16)33-18(6-2)8-10-31/h11-14,17-18,30-31H,5-10H2,1-4H3. The lowest BCUT2D eigenvalue weighted by molar-refractivity contribution is 0.148. The molecule has 0 fully saturated rings. The van der Waals surface area contributed by atoms with Crippen LogP contribution in [0.25, 0.3) is 0 Å². The van der Waals surface area contributed by atoms with Gasteiger partial charge >= 0.3 is 0 Å². The first-order valence-corrected chi connectivity index (χ1v) is 14.3. The van der Waals surface area contributed by atoms with Gasteiger partial charge in [-0.1, -0.05) is 27.7 Å². The van der Waals surface area contributed by atoms with Crippen LogP contribution >= 0.6 is 63.7 Å². The first kappa shape index (κ1) is 29.1. The van der Waals surface area contributed by atoms with Gasteiger partial charge in [-0.05, 0) is 112 Å². The molecule has 184 valence electrons. The highest BCUT2D eigenvalue weighted by Crippen LogP contribution is 2.44. The third kappa shape index (κ3) is 7.43. The summed E-state index contributed by atoms with van der Waals surface area (Å²) in [5, 5.41) is 18.6. The molecular weight excluding hydrogens is 684 g/mol. The number of aliphatic hydroxyl groups excluding tert-OH is 2. The van der Waals surface area contributed by atoms with Crippen LogP contribution in [0.4, 0.5) is 0 Å². The SMILES string of the molecule is CCC(CCO)Oc1c(Br)cc(C(C)(C)c2cc(Br)c(OC(CC)CCO)c(Br)c2)cc1Br. The molecule has 33 heavy (non-hydrogen) atoms. The summed E-state index contributed by atoms with van der Waals surface area (Å²) in [4.78, 5) is 0. The van der Waals surface area contributed by atoms with E-state index in [0.717, 1.165) is 53.4 Å². The smallest absolute Gasteiger partial charge is 0.148 e. The zero-order valence-corrected chi connectivity index (χ0v) is 25.8. The number of aliphatic hydroxyl groups is 2. The van der Waals surface area contributed by atoms with Crippen LogP contribution in [-0.4, -0.2) is 35.6 Å². The van der Waals surface area contributed by atoms with Gasteiger partial charge in [-0.25, -0.2) is 0 Å². The zero-order chi connectivity index (χ0) is 24.8. The van der Waals surface area contributed by atoms with Gasteiger partial charge in [0.05, 0.1) is 17.9 Å². The number of hydrogen-bond acceptors (Lipinski definition) is 4. The van der Waals surface area contributed by atoms with Crippen molar-refractivity contribution in [3.05, 3.63) is 53.3 Å². The molecule has 0 radical (unpaired) electrons. The predicted molar refractivity (Wildman–Crippen MR) is 149 cm³/mol. The fourth-order valence-electron chi connectivity index (χ4n) is 3.55. The zero-order valence-electron chi connectivity index (χ0n) is 19.4. The number of halogens is 4. The van der Waals surface area contributed by atoms with Crippen molar-refractivity contribution in [3.63, 3.8) is 0 Å². The lowest BCUT2D eigenvalue weighted by Gasteiger charge is -2.29. The minimum absolute atomic E-state index is 0.0429. The second-order valence-electron chi connectivity index (χ2n) is 8.48. The average molecular weight is 716 g/mol. The van der Waals surface area contributed by atoms with Crippen LogP contribution in [0.2, 0.25) is 0 Å². The van der Waals surface area contributed by atoms with Crippen molar-refractivity contribution in [1.29, 1.82) is 0 Å². The molecule has 2 unspecified atom stereocenters. The molecule has 0 saturated carbocycles. The first-order chi connectivity index (χ1) is 15.6. The van der Waals surface area contributed by atoms with Crippen molar-refractivity contribution in [2.24, 2.45) is 0 Å². The molecular formula is C25H32Br4O4. The molecule has 2 aromatic carbocycles. The van der Waals surface area contributed by atoms with Crippen LogP contribution in [0.15, 0.2) is 42.2 Å². The highest BCUT2D eigenvalue weighted by molar-refractivity contribution is 9.11. The van der Waals surface area contributed by atoms with Crippen LogP contribution in [-0.2, 0) is 5.41 Å². The molecule has 0 heterocycles. The van der Waals surface area contributed by atoms with Gasteiger partial charge in [0.15, 0.2) is 0 Å². The van der Waals surface area contributed by atoms with Crippen molar-refractivity contribution in [2.45, 2.75) is 71.0 Å². The summed E-state index contributed by atoms with van der Waals surface area (Å²) in [6, 6.07) is 8.36. The van der Waals surface area contributed by atoms with Gasteiger partial charge in [0.2, 0.25) is 0 Å². The summed E-state index contributed by atoms with van der Waals surface area (Å²) in [5.74, 6) is 1.49. The third-order valence-corrected chi connectivity index (χ3v) is 8.18. The molecule has 2 aromatic rings. The molecule has 0 aliphatic heterocycles. The molecule has 2 atom stereocenters. The average Bonchev–Trinajstić information content (AvgIpc) is 2.76. The minimum Gasteiger partial charge on any atom is -0.488 e. The van der Waals surface area contributed by atoms with E-state index in [9.17, 15) is 10.2 Å². The topological polar surface area (TPSA) is 58.9 Å². The van der Waals surface area contributed by atoms with E-state index >= 15 is 0 Å². The summed E-state index contributed by atoms with van der Waals surface area (Å²) in [6.07, 6.45) is 2.74. The van der Waals surface area contributed by atoms with Crippen LogP contribution < -0.4 is 9.47 Å².